The third-order valence-corrected chi connectivity index (χ3v) is 2.01. The van der Waals surface area contributed by atoms with E-state index in [0.717, 1.165) is 16.9 Å². The van der Waals surface area contributed by atoms with Crippen LogP contribution >= 0.6 is 0 Å². The second-order valence-corrected chi connectivity index (χ2v) is 2.94. The molecule has 0 saturated carbocycles. The minimum absolute atomic E-state index is 0.893. The molecule has 3 heteroatoms. The highest BCUT2D eigenvalue weighted by Crippen LogP contribution is 2.18. The van der Waals surface area contributed by atoms with Gasteiger partial charge in [0.1, 0.15) is 0 Å². The third-order valence-electron chi connectivity index (χ3n) is 2.01. The molecule has 0 amide bonds. The van der Waals surface area contributed by atoms with Crippen molar-refractivity contribution in [2.75, 3.05) is 5.43 Å². The Kier molecular flexibility index (Phi) is 2.42. The summed E-state index contributed by atoms with van der Waals surface area (Å²) in [4.78, 5) is 4.25. The zero-order valence-corrected chi connectivity index (χ0v) is 7.64. The van der Waals surface area contributed by atoms with E-state index in [1.54, 1.807) is 6.20 Å². The Bertz CT molecular complexity index is 395. The number of pyridine rings is 1. The number of hydrogen-bond acceptors (Lipinski definition) is 3. The standard InChI is InChI=1S/C11H11N3/c12-14-10-6-4-9(5-7-10)11-3-1-2-8-13-11/h1-8,14H,12H2. The molecule has 0 aliphatic carbocycles. The number of hydrogen-bond donors (Lipinski definition) is 2. The first-order chi connectivity index (χ1) is 6.90. The zero-order chi connectivity index (χ0) is 9.80. The predicted octanol–water partition coefficient (Wildman–Crippen LogP) is 2.03. The molecule has 0 unspecified atom stereocenters. The predicted molar refractivity (Wildman–Crippen MR) is 57.5 cm³/mol. The summed E-state index contributed by atoms with van der Waals surface area (Å²) in [5.74, 6) is 5.27. The van der Waals surface area contributed by atoms with Crippen LogP contribution in [-0.4, -0.2) is 4.98 Å². The number of rotatable bonds is 2. The molecule has 70 valence electrons. The SMILES string of the molecule is NNc1ccc(-c2ccccn2)cc1. The highest BCUT2D eigenvalue weighted by atomic mass is 15.2. The van der Waals surface area contributed by atoms with Gasteiger partial charge in [-0.25, -0.2) is 0 Å². The lowest BCUT2D eigenvalue weighted by molar-refractivity contribution is 1.32. The van der Waals surface area contributed by atoms with Crippen molar-refractivity contribution in [1.29, 1.82) is 0 Å². The fraction of sp³-hybridized carbons (Fsp3) is 0. The van der Waals surface area contributed by atoms with Gasteiger partial charge in [-0.05, 0) is 24.3 Å². The summed E-state index contributed by atoms with van der Waals surface area (Å²) in [5, 5.41) is 0. The van der Waals surface area contributed by atoms with Crippen molar-refractivity contribution in [3.05, 3.63) is 48.7 Å². The molecule has 0 aliphatic rings. The molecular weight excluding hydrogens is 174 g/mol. The van der Waals surface area contributed by atoms with Crippen LogP contribution in [0.1, 0.15) is 0 Å². The van der Waals surface area contributed by atoms with Crippen molar-refractivity contribution in [2.24, 2.45) is 5.84 Å². The molecule has 2 rings (SSSR count). The van der Waals surface area contributed by atoms with E-state index in [1.807, 2.05) is 42.5 Å². The van der Waals surface area contributed by atoms with E-state index in [9.17, 15) is 0 Å². The average Bonchev–Trinajstić information content (AvgIpc) is 2.30. The topological polar surface area (TPSA) is 50.9 Å². The minimum Gasteiger partial charge on any atom is -0.324 e. The number of nitrogen functional groups attached to an aromatic ring is 1. The first kappa shape index (κ1) is 8.72. The van der Waals surface area contributed by atoms with E-state index in [-0.39, 0.29) is 0 Å². The van der Waals surface area contributed by atoms with Gasteiger partial charge in [0.2, 0.25) is 0 Å². The fourth-order valence-electron chi connectivity index (χ4n) is 1.27. The maximum absolute atomic E-state index is 5.27. The number of aromatic nitrogens is 1. The first-order valence-electron chi connectivity index (χ1n) is 4.38. The van der Waals surface area contributed by atoms with Crippen LogP contribution in [0.25, 0.3) is 11.3 Å². The van der Waals surface area contributed by atoms with Gasteiger partial charge < -0.3 is 5.43 Å². The van der Waals surface area contributed by atoms with E-state index in [4.69, 9.17) is 5.84 Å². The second kappa shape index (κ2) is 3.89. The largest absolute Gasteiger partial charge is 0.324 e. The molecule has 0 aliphatic heterocycles. The zero-order valence-electron chi connectivity index (χ0n) is 7.64. The van der Waals surface area contributed by atoms with E-state index in [0.29, 0.717) is 0 Å². The van der Waals surface area contributed by atoms with Crippen LogP contribution in [0.2, 0.25) is 0 Å². The van der Waals surface area contributed by atoms with Gasteiger partial charge in [0.05, 0.1) is 5.69 Å². The van der Waals surface area contributed by atoms with E-state index in [2.05, 4.69) is 10.4 Å². The monoisotopic (exact) mass is 185 g/mol. The number of anilines is 1. The molecule has 0 atom stereocenters. The third kappa shape index (κ3) is 1.72. The number of nitrogens with two attached hydrogens (primary N) is 1. The van der Waals surface area contributed by atoms with Crippen LogP contribution in [-0.2, 0) is 0 Å². The van der Waals surface area contributed by atoms with E-state index in [1.165, 1.54) is 0 Å². The molecular formula is C11H11N3. The fourth-order valence-corrected chi connectivity index (χ4v) is 1.27. The molecule has 1 heterocycles. The summed E-state index contributed by atoms with van der Waals surface area (Å²) in [6, 6.07) is 13.7. The number of nitrogens with one attached hydrogen (secondary N) is 1. The van der Waals surface area contributed by atoms with Crippen LogP contribution in [0, 0.1) is 0 Å². The molecule has 3 N–H and O–H groups in total. The van der Waals surface area contributed by atoms with Crippen LogP contribution < -0.4 is 11.3 Å². The molecule has 0 radical (unpaired) electrons. The Labute approximate surface area is 82.6 Å². The van der Waals surface area contributed by atoms with Crippen LogP contribution in [0.5, 0.6) is 0 Å². The molecule has 1 aromatic heterocycles. The van der Waals surface area contributed by atoms with Gasteiger partial charge in [-0.2, -0.15) is 0 Å². The van der Waals surface area contributed by atoms with Crippen molar-refractivity contribution in [2.45, 2.75) is 0 Å². The lowest BCUT2D eigenvalue weighted by Crippen LogP contribution is -2.05. The van der Waals surface area contributed by atoms with Crippen molar-refractivity contribution < 1.29 is 0 Å². The maximum Gasteiger partial charge on any atom is 0.0701 e. The normalized spacial score (nSPS) is 9.79. The summed E-state index contributed by atoms with van der Waals surface area (Å²) in [6.45, 7) is 0. The first-order valence-corrected chi connectivity index (χ1v) is 4.38. The molecule has 0 spiro atoms. The second-order valence-electron chi connectivity index (χ2n) is 2.94. The van der Waals surface area contributed by atoms with Crippen molar-refractivity contribution in [1.82, 2.24) is 4.98 Å². The highest BCUT2D eigenvalue weighted by Gasteiger charge is 1.96. The molecule has 3 nitrogen and oxygen atoms in total. The van der Waals surface area contributed by atoms with Gasteiger partial charge in [0.25, 0.3) is 0 Å². The molecule has 0 bridgehead atoms. The Balaban J connectivity index is 2.34. The molecule has 0 saturated heterocycles. The lowest BCUT2D eigenvalue weighted by Gasteiger charge is -2.02. The van der Waals surface area contributed by atoms with Crippen molar-refractivity contribution >= 4 is 5.69 Å². The number of hydrazine groups is 1. The molecule has 14 heavy (non-hydrogen) atoms. The molecule has 1 aromatic carbocycles. The quantitative estimate of drug-likeness (QED) is 0.556. The van der Waals surface area contributed by atoms with Gasteiger partial charge >= 0.3 is 0 Å². The number of nitrogens with zero attached hydrogens (tertiary/aromatic N) is 1. The Morgan fingerprint density at radius 1 is 1.00 bits per heavy atom. The van der Waals surface area contributed by atoms with Gasteiger partial charge in [-0.1, -0.05) is 18.2 Å². The van der Waals surface area contributed by atoms with Crippen LogP contribution in [0.3, 0.4) is 0 Å². The smallest absolute Gasteiger partial charge is 0.0701 e. The Morgan fingerprint density at radius 2 is 1.79 bits per heavy atom. The van der Waals surface area contributed by atoms with Crippen LogP contribution in [0.15, 0.2) is 48.7 Å². The molecule has 2 aromatic rings. The van der Waals surface area contributed by atoms with Crippen molar-refractivity contribution in [3.8, 4) is 11.3 Å². The summed E-state index contributed by atoms with van der Waals surface area (Å²) in [5.41, 5.74) is 5.53. The molecule has 0 fully saturated rings. The Hall–Kier alpha value is -1.87. The minimum atomic E-state index is 0.893. The van der Waals surface area contributed by atoms with Gasteiger partial charge in [0.15, 0.2) is 0 Å². The summed E-state index contributed by atoms with van der Waals surface area (Å²) in [7, 11) is 0. The van der Waals surface area contributed by atoms with Crippen molar-refractivity contribution in [3.63, 3.8) is 0 Å². The Morgan fingerprint density at radius 3 is 2.36 bits per heavy atom. The van der Waals surface area contributed by atoms with Gasteiger partial charge in [-0.3, -0.25) is 10.8 Å². The summed E-state index contributed by atoms with van der Waals surface area (Å²) < 4.78 is 0. The maximum atomic E-state index is 5.27. The van der Waals surface area contributed by atoms with E-state index >= 15 is 0 Å². The summed E-state index contributed by atoms with van der Waals surface area (Å²) >= 11 is 0. The highest BCUT2D eigenvalue weighted by molar-refractivity contribution is 5.62. The lowest BCUT2D eigenvalue weighted by atomic mass is 10.1. The van der Waals surface area contributed by atoms with E-state index < -0.39 is 0 Å². The van der Waals surface area contributed by atoms with Gasteiger partial charge in [0, 0.05) is 17.4 Å². The average molecular weight is 185 g/mol. The summed E-state index contributed by atoms with van der Waals surface area (Å²) in [6.07, 6.45) is 1.78. The van der Waals surface area contributed by atoms with Crippen LogP contribution in [0.4, 0.5) is 5.69 Å². The van der Waals surface area contributed by atoms with Gasteiger partial charge in [-0.15, -0.1) is 0 Å². The number of benzene rings is 1.